The smallest absolute Gasteiger partial charge is 0.252 e. The lowest BCUT2D eigenvalue weighted by atomic mass is 10.2. The molecule has 0 saturated carbocycles. The maximum atomic E-state index is 12.9. The first-order valence-electron chi connectivity index (χ1n) is 5.09. The maximum Gasteiger partial charge on any atom is 0.252 e. The fourth-order valence-electron chi connectivity index (χ4n) is 1.44. The number of rotatable bonds is 3. The van der Waals surface area contributed by atoms with Gasteiger partial charge in [0.1, 0.15) is 17.3 Å². The van der Waals surface area contributed by atoms with Crippen LogP contribution in [0.5, 0.6) is 11.5 Å². The minimum absolute atomic E-state index is 0.272. The second kappa shape index (κ2) is 5.18. The van der Waals surface area contributed by atoms with Crippen LogP contribution in [0.1, 0.15) is 10.4 Å². The number of carbonyl (C=O) groups is 1. The largest absolute Gasteiger partial charge is 0.455 e. The van der Waals surface area contributed by atoms with Crippen molar-refractivity contribution in [2.45, 2.75) is 0 Å². The Hall–Kier alpha value is -1.88. The molecule has 0 radical (unpaired) electrons. The molecule has 18 heavy (non-hydrogen) atoms. The van der Waals surface area contributed by atoms with Gasteiger partial charge in [-0.1, -0.05) is 12.1 Å². The van der Waals surface area contributed by atoms with Gasteiger partial charge in [0.25, 0.3) is 5.91 Å². The van der Waals surface area contributed by atoms with E-state index in [2.05, 4.69) is 15.9 Å². The molecular formula is C13H9BrFNO2. The SMILES string of the molecule is NC(=O)c1ccccc1Oc1ccc(F)cc1Br. The van der Waals surface area contributed by atoms with E-state index in [1.54, 1.807) is 24.3 Å². The van der Waals surface area contributed by atoms with Crippen LogP contribution in [-0.4, -0.2) is 5.91 Å². The maximum absolute atomic E-state index is 12.9. The summed E-state index contributed by atoms with van der Waals surface area (Å²) in [6.45, 7) is 0. The summed E-state index contributed by atoms with van der Waals surface area (Å²) >= 11 is 3.19. The molecule has 0 fully saturated rings. The zero-order valence-electron chi connectivity index (χ0n) is 9.19. The van der Waals surface area contributed by atoms with Crippen LogP contribution in [0, 0.1) is 5.82 Å². The Balaban J connectivity index is 2.37. The van der Waals surface area contributed by atoms with Gasteiger partial charge in [0.15, 0.2) is 0 Å². The molecule has 2 rings (SSSR count). The van der Waals surface area contributed by atoms with Gasteiger partial charge in [0.2, 0.25) is 0 Å². The highest BCUT2D eigenvalue weighted by Crippen LogP contribution is 2.31. The highest BCUT2D eigenvalue weighted by atomic mass is 79.9. The molecule has 0 aliphatic heterocycles. The van der Waals surface area contributed by atoms with Gasteiger partial charge in [-0.2, -0.15) is 0 Å². The van der Waals surface area contributed by atoms with Crippen molar-refractivity contribution in [3.63, 3.8) is 0 Å². The minimum Gasteiger partial charge on any atom is -0.455 e. The number of halogens is 2. The molecule has 3 nitrogen and oxygen atoms in total. The van der Waals surface area contributed by atoms with Crippen LogP contribution >= 0.6 is 15.9 Å². The minimum atomic E-state index is -0.580. The van der Waals surface area contributed by atoms with E-state index < -0.39 is 5.91 Å². The topological polar surface area (TPSA) is 52.3 Å². The van der Waals surface area contributed by atoms with Crippen LogP contribution in [0.2, 0.25) is 0 Å². The summed E-state index contributed by atoms with van der Waals surface area (Å²) in [5.74, 6) is -0.219. The zero-order valence-corrected chi connectivity index (χ0v) is 10.8. The third-order valence-corrected chi connectivity index (χ3v) is 2.89. The van der Waals surface area contributed by atoms with E-state index in [1.165, 1.54) is 18.2 Å². The molecule has 2 N–H and O–H groups in total. The summed E-state index contributed by atoms with van der Waals surface area (Å²) < 4.78 is 18.9. The lowest BCUT2D eigenvalue weighted by Gasteiger charge is -2.10. The second-order valence-corrected chi connectivity index (χ2v) is 4.39. The molecule has 0 heterocycles. The molecule has 0 spiro atoms. The summed E-state index contributed by atoms with van der Waals surface area (Å²) in [6.07, 6.45) is 0. The molecular weight excluding hydrogens is 301 g/mol. The predicted molar refractivity (Wildman–Crippen MR) is 69.1 cm³/mol. The van der Waals surface area contributed by atoms with Crippen LogP contribution in [0.25, 0.3) is 0 Å². The zero-order chi connectivity index (χ0) is 13.1. The van der Waals surface area contributed by atoms with E-state index >= 15 is 0 Å². The summed E-state index contributed by atoms with van der Waals surface area (Å²) in [6, 6.07) is 10.6. The van der Waals surface area contributed by atoms with Crippen LogP contribution < -0.4 is 10.5 Å². The number of primary amides is 1. The summed E-state index contributed by atoms with van der Waals surface area (Å²) in [4.78, 5) is 11.2. The number of amides is 1. The third-order valence-electron chi connectivity index (χ3n) is 2.27. The molecule has 0 unspecified atom stereocenters. The molecule has 2 aromatic carbocycles. The number of benzene rings is 2. The van der Waals surface area contributed by atoms with E-state index in [-0.39, 0.29) is 11.4 Å². The Morgan fingerprint density at radius 3 is 2.56 bits per heavy atom. The van der Waals surface area contributed by atoms with Gasteiger partial charge >= 0.3 is 0 Å². The van der Waals surface area contributed by atoms with Crippen molar-refractivity contribution in [2.24, 2.45) is 5.73 Å². The van der Waals surface area contributed by atoms with Gasteiger partial charge in [-0.05, 0) is 46.3 Å². The van der Waals surface area contributed by atoms with Gasteiger partial charge in [-0.3, -0.25) is 4.79 Å². The summed E-state index contributed by atoms with van der Waals surface area (Å²) in [5.41, 5.74) is 5.51. The molecule has 0 saturated heterocycles. The number of nitrogens with two attached hydrogens (primary N) is 1. The van der Waals surface area contributed by atoms with Crippen LogP contribution in [0.15, 0.2) is 46.9 Å². The molecule has 0 bridgehead atoms. The fraction of sp³-hybridized carbons (Fsp3) is 0. The van der Waals surface area contributed by atoms with E-state index in [0.717, 1.165) is 0 Å². The molecule has 0 atom stereocenters. The average Bonchev–Trinajstić information content (AvgIpc) is 2.33. The van der Waals surface area contributed by atoms with Crippen molar-refractivity contribution in [3.05, 3.63) is 58.3 Å². The van der Waals surface area contributed by atoms with Gasteiger partial charge in [-0.25, -0.2) is 4.39 Å². The van der Waals surface area contributed by atoms with E-state index in [0.29, 0.717) is 16.0 Å². The monoisotopic (exact) mass is 309 g/mol. The van der Waals surface area contributed by atoms with Crippen LogP contribution in [-0.2, 0) is 0 Å². The first-order valence-corrected chi connectivity index (χ1v) is 5.89. The third kappa shape index (κ3) is 2.68. The lowest BCUT2D eigenvalue weighted by molar-refractivity contribution is 0.0998. The van der Waals surface area contributed by atoms with Gasteiger partial charge < -0.3 is 10.5 Å². The number of ether oxygens (including phenoxy) is 1. The van der Waals surface area contributed by atoms with Gasteiger partial charge in [-0.15, -0.1) is 0 Å². The summed E-state index contributed by atoms with van der Waals surface area (Å²) in [5, 5.41) is 0. The Morgan fingerprint density at radius 1 is 1.17 bits per heavy atom. The van der Waals surface area contributed by atoms with Crippen molar-refractivity contribution in [1.82, 2.24) is 0 Å². The lowest BCUT2D eigenvalue weighted by Crippen LogP contribution is -2.12. The number of carbonyl (C=O) groups excluding carboxylic acids is 1. The number of para-hydroxylation sites is 1. The van der Waals surface area contributed by atoms with Crippen molar-refractivity contribution in [3.8, 4) is 11.5 Å². The van der Waals surface area contributed by atoms with E-state index in [4.69, 9.17) is 10.5 Å². The average molecular weight is 310 g/mol. The van der Waals surface area contributed by atoms with Crippen LogP contribution in [0.3, 0.4) is 0 Å². The van der Waals surface area contributed by atoms with E-state index in [9.17, 15) is 9.18 Å². The predicted octanol–water partition coefficient (Wildman–Crippen LogP) is 3.48. The molecule has 0 aromatic heterocycles. The number of hydrogen-bond donors (Lipinski definition) is 1. The molecule has 5 heteroatoms. The normalized spacial score (nSPS) is 10.1. The first kappa shape index (κ1) is 12.6. The Kier molecular flexibility index (Phi) is 3.62. The standard InChI is InChI=1S/C13H9BrFNO2/c14-10-7-8(15)5-6-12(10)18-11-4-2-1-3-9(11)13(16)17/h1-7H,(H2,16,17). The molecule has 0 aliphatic rings. The van der Waals surface area contributed by atoms with Crippen molar-refractivity contribution in [2.75, 3.05) is 0 Å². The van der Waals surface area contributed by atoms with E-state index in [1.807, 2.05) is 0 Å². The van der Waals surface area contributed by atoms with Crippen molar-refractivity contribution in [1.29, 1.82) is 0 Å². The second-order valence-electron chi connectivity index (χ2n) is 3.54. The number of hydrogen-bond acceptors (Lipinski definition) is 2. The van der Waals surface area contributed by atoms with Gasteiger partial charge in [0, 0.05) is 0 Å². The fourth-order valence-corrected chi connectivity index (χ4v) is 1.87. The van der Waals surface area contributed by atoms with Crippen molar-refractivity contribution < 1.29 is 13.9 Å². The molecule has 1 amide bonds. The summed E-state index contributed by atoms with van der Waals surface area (Å²) in [7, 11) is 0. The van der Waals surface area contributed by atoms with Crippen molar-refractivity contribution >= 4 is 21.8 Å². The highest BCUT2D eigenvalue weighted by Gasteiger charge is 2.11. The molecule has 2 aromatic rings. The Bertz CT molecular complexity index is 601. The quantitative estimate of drug-likeness (QED) is 0.943. The van der Waals surface area contributed by atoms with Gasteiger partial charge in [0.05, 0.1) is 10.0 Å². The molecule has 92 valence electrons. The Labute approximate surface area is 112 Å². The van der Waals surface area contributed by atoms with Crippen LogP contribution in [0.4, 0.5) is 4.39 Å². The first-order chi connectivity index (χ1) is 8.58. The Morgan fingerprint density at radius 2 is 1.89 bits per heavy atom. The molecule has 0 aliphatic carbocycles. The highest BCUT2D eigenvalue weighted by molar-refractivity contribution is 9.10.